The molecule has 2 aromatic rings. The maximum atomic E-state index is 13.1. The molecule has 1 saturated carbocycles. The fourth-order valence-corrected chi connectivity index (χ4v) is 6.68. The molecule has 0 bridgehead atoms. The Morgan fingerprint density at radius 1 is 1.00 bits per heavy atom. The molecule has 8 nitrogen and oxygen atoms in total. The number of aromatic nitrogens is 1. The molecule has 184 valence electrons. The molecule has 1 saturated heterocycles. The smallest absolute Gasteiger partial charge is 0.243 e. The normalized spacial score (nSPS) is 18.3. The fourth-order valence-electron chi connectivity index (χ4n) is 5.26. The lowest BCUT2D eigenvalue weighted by Gasteiger charge is -2.33. The first-order valence-electron chi connectivity index (χ1n) is 12.0. The second-order valence-electron chi connectivity index (χ2n) is 9.40. The molecule has 1 aliphatic heterocycles. The molecule has 1 aliphatic carbocycles. The summed E-state index contributed by atoms with van der Waals surface area (Å²) in [6, 6.07) is 8.72. The number of aryl methyl sites for hydroxylation is 1. The zero-order valence-corrected chi connectivity index (χ0v) is 21.0. The number of amides is 1. The van der Waals surface area contributed by atoms with Crippen molar-refractivity contribution in [2.24, 2.45) is 0 Å². The Morgan fingerprint density at radius 3 is 2.21 bits per heavy atom. The first-order valence-corrected chi connectivity index (χ1v) is 13.4. The largest absolute Gasteiger partial charge is 0.345 e. The van der Waals surface area contributed by atoms with Crippen molar-refractivity contribution in [3.05, 3.63) is 47.3 Å². The van der Waals surface area contributed by atoms with Crippen LogP contribution in [0.2, 0.25) is 0 Å². The molecule has 0 spiro atoms. The number of hydrogen-bond acceptors (Lipinski definition) is 5. The lowest BCUT2D eigenvalue weighted by atomic mass is 10.1. The summed E-state index contributed by atoms with van der Waals surface area (Å²) in [6.07, 6.45) is 4.85. The maximum Gasteiger partial charge on any atom is 0.243 e. The lowest BCUT2D eigenvalue weighted by Crippen LogP contribution is -2.49. The van der Waals surface area contributed by atoms with Gasteiger partial charge in [-0.3, -0.25) is 14.5 Å². The number of sulfonamides is 1. The van der Waals surface area contributed by atoms with E-state index in [1.54, 1.807) is 12.1 Å². The van der Waals surface area contributed by atoms with Crippen molar-refractivity contribution in [3.8, 4) is 0 Å². The quantitative estimate of drug-likeness (QED) is 0.606. The summed E-state index contributed by atoms with van der Waals surface area (Å²) < 4.78 is 29.9. The number of hydrogen-bond donors (Lipinski definition) is 1. The van der Waals surface area contributed by atoms with Crippen molar-refractivity contribution in [1.29, 1.82) is 0 Å². The number of nitrogens with zero attached hydrogens (tertiary/aromatic N) is 3. The number of benzene rings is 1. The van der Waals surface area contributed by atoms with Crippen LogP contribution in [0.4, 0.5) is 5.69 Å². The molecule has 4 rings (SSSR count). The SMILES string of the molecule is CC(=O)Nc1ccc(S(=O)(=O)N2CCN(CC(=O)c3cc(C)n(C4CCCC4)c3C)CC2)cc1. The van der Waals surface area contributed by atoms with Gasteiger partial charge in [0.05, 0.1) is 11.4 Å². The first-order chi connectivity index (χ1) is 16.2. The number of Topliss-reactive ketones (excluding diaryl/α,β-unsaturated/α-hetero) is 1. The number of carbonyl (C=O) groups excluding carboxylic acids is 2. The summed E-state index contributed by atoms with van der Waals surface area (Å²) >= 11 is 0. The summed E-state index contributed by atoms with van der Waals surface area (Å²) in [6.45, 7) is 7.52. The summed E-state index contributed by atoms with van der Waals surface area (Å²) in [5.74, 6) is -0.107. The van der Waals surface area contributed by atoms with E-state index in [1.807, 2.05) is 17.9 Å². The molecule has 2 aliphatic rings. The number of piperazine rings is 1. The fraction of sp³-hybridized carbons (Fsp3) is 0.520. The molecule has 2 fully saturated rings. The molecule has 0 unspecified atom stereocenters. The topological polar surface area (TPSA) is 91.7 Å². The van der Waals surface area contributed by atoms with E-state index in [0.29, 0.717) is 44.5 Å². The van der Waals surface area contributed by atoms with Gasteiger partial charge in [0, 0.05) is 61.8 Å². The predicted molar refractivity (Wildman–Crippen MR) is 132 cm³/mol. The summed E-state index contributed by atoms with van der Waals surface area (Å²) in [4.78, 5) is 26.5. The Kier molecular flexibility index (Phi) is 7.25. The minimum atomic E-state index is -3.62. The van der Waals surface area contributed by atoms with E-state index < -0.39 is 10.0 Å². The van der Waals surface area contributed by atoms with Gasteiger partial charge in [0.25, 0.3) is 0 Å². The van der Waals surface area contributed by atoms with Crippen LogP contribution in [0.25, 0.3) is 0 Å². The lowest BCUT2D eigenvalue weighted by molar-refractivity contribution is -0.114. The molecule has 9 heteroatoms. The highest BCUT2D eigenvalue weighted by atomic mass is 32.2. The highest BCUT2D eigenvalue weighted by Crippen LogP contribution is 2.33. The Labute approximate surface area is 202 Å². The Balaban J connectivity index is 1.36. The van der Waals surface area contributed by atoms with E-state index in [1.165, 1.54) is 49.0 Å². The minimum Gasteiger partial charge on any atom is -0.345 e. The zero-order valence-electron chi connectivity index (χ0n) is 20.2. The van der Waals surface area contributed by atoms with Gasteiger partial charge in [0.15, 0.2) is 5.78 Å². The van der Waals surface area contributed by atoms with E-state index in [9.17, 15) is 18.0 Å². The molecule has 2 heterocycles. The first kappa shape index (κ1) is 24.6. The summed E-state index contributed by atoms with van der Waals surface area (Å²) in [7, 11) is -3.62. The molecular formula is C25H34N4O4S. The molecule has 1 aromatic carbocycles. The summed E-state index contributed by atoms with van der Waals surface area (Å²) in [5.41, 5.74) is 3.55. The molecule has 0 atom stereocenters. The van der Waals surface area contributed by atoms with E-state index in [4.69, 9.17) is 0 Å². The van der Waals surface area contributed by atoms with E-state index in [2.05, 4.69) is 16.8 Å². The van der Waals surface area contributed by atoms with E-state index in [0.717, 1.165) is 17.0 Å². The van der Waals surface area contributed by atoms with Gasteiger partial charge >= 0.3 is 0 Å². The van der Waals surface area contributed by atoms with Crippen LogP contribution in [0.1, 0.15) is 60.4 Å². The van der Waals surface area contributed by atoms with Crippen LogP contribution in [0.5, 0.6) is 0 Å². The average Bonchev–Trinajstić information content (AvgIpc) is 3.41. The maximum absolute atomic E-state index is 13.1. The minimum absolute atomic E-state index is 0.0993. The molecule has 34 heavy (non-hydrogen) atoms. The third kappa shape index (κ3) is 5.11. The molecular weight excluding hydrogens is 452 g/mol. The highest BCUT2D eigenvalue weighted by Gasteiger charge is 2.30. The van der Waals surface area contributed by atoms with Gasteiger partial charge in [-0.15, -0.1) is 0 Å². The number of nitrogens with one attached hydrogen (secondary N) is 1. The monoisotopic (exact) mass is 486 g/mol. The average molecular weight is 487 g/mol. The second kappa shape index (κ2) is 10.0. The van der Waals surface area contributed by atoms with Gasteiger partial charge in [-0.1, -0.05) is 12.8 Å². The molecule has 0 radical (unpaired) electrons. The van der Waals surface area contributed by atoms with E-state index >= 15 is 0 Å². The number of ketones is 1. The van der Waals surface area contributed by atoms with Gasteiger partial charge in [-0.25, -0.2) is 8.42 Å². The molecule has 1 amide bonds. The van der Waals surface area contributed by atoms with Crippen LogP contribution in [0.15, 0.2) is 35.2 Å². The van der Waals surface area contributed by atoms with Crippen molar-refractivity contribution < 1.29 is 18.0 Å². The van der Waals surface area contributed by atoms with Crippen molar-refractivity contribution in [3.63, 3.8) is 0 Å². The predicted octanol–water partition coefficient (Wildman–Crippen LogP) is 3.37. The van der Waals surface area contributed by atoms with Crippen molar-refractivity contribution >= 4 is 27.4 Å². The van der Waals surface area contributed by atoms with Crippen LogP contribution in [-0.4, -0.2) is 66.6 Å². The number of anilines is 1. The van der Waals surface area contributed by atoms with Crippen molar-refractivity contribution in [2.45, 2.75) is 57.4 Å². The van der Waals surface area contributed by atoms with Crippen LogP contribution in [0, 0.1) is 13.8 Å². The van der Waals surface area contributed by atoms with E-state index in [-0.39, 0.29) is 16.6 Å². The summed E-state index contributed by atoms with van der Waals surface area (Å²) in [5, 5.41) is 2.64. The van der Waals surface area contributed by atoms with Gasteiger partial charge in [0.1, 0.15) is 0 Å². The highest BCUT2D eigenvalue weighted by molar-refractivity contribution is 7.89. The number of carbonyl (C=O) groups is 2. The Morgan fingerprint density at radius 2 is 1.62 bits per heavy atom. The van der Waals surface area contributed by atoms with Crippen LogP contribution in [0.3, 0.4) is 0 Å². The molecule has 1 aromatic heterocycles. The van der Waals surface area contributed by atoms with Crippen LogP contribution in [-0.2, 0) is 14.8 Å². The van der Waals surface area contributed by atoms with Crippen LogP contribution < -0.4 is 5.32 Å². The van der Waals surface area contributed by atoms with Gasteiger partial charge in [0.2, 0.25) is 15.9 Å². The van der Waals surface area contributed by atoms with Gasteiger partial charge in [-0.2, -0.15) is 4.31 Å². The Bertz CT molecular complexity index is 1160. The molecule has 1 N–H and O–H groups in total. The third-order valence-electron chi connectivity index (χ3n) is 6.99. The number of rotatable bonds is 7. The second-order valence-corrected chi connectivity index (χ2v) is 11.3. The Hall–Kier alpha value is -2.49. The van der Waals surface area contributed by atoms with Crippen molar-refractivity contribution in [1.82, 2.24) is 13.8 Å². The zero-order chi connectivity index (χ0) is 24.5. The van der Waals surface area contributed by atoms with Crippen LogP contribution >= 0.6 is 0 Å². The third-order valence-corrected chi connectivity index (χ3v) is 8.90. The van der Waals surface area contributed by atoms with Crippen molar-refractivity contribution in [2.75, 3.05) is 38.0 Å². The van der Waals surface area contributed by atoms with Gasteiger partial charge < -0.3 is 9.88 Å². The van der Waals surface area contributed by atoms with Gasteiger partial charge in [-0.05, 0) is 57.0 Å². The standard InChI is InChI=1S/C25H34N4O4S/c1-18-16-24(19(2)29(18)22-6-4-5-7-22)25(31)17-27-12-14-28(15-13-27)34(32,33)23-10-8-21(9-11-23)26-20(3)30/h8-11,16,22H,4-7,12-15,17H2,1-3H3,(H,26,30).